The van der Waals surface area contributed by atoms with Crippen LogP contribution in [0.1, 0.15) is 36.7 Å². The maximum Gasteiger partial charge on any atom is 0.212 e. The Balaban J connectivity index is 1.92. The number of hydrogen-bond acceptors (Lipinski definition) is 4. The number of thioether (sulfide) groups is 1. The Morgan fingerprint density at radius 2 is 2.00 bits per heavy atom. The second-order valence-corrected chi connectivity index (χ2v) is 5.96. The summed E-state index contributed by atoms with van der Waals surface area (Å²) in [5.41, 5.74) is 3.55. The Hall–Kier alpha value is -1.62. The lowest BCUT2D eigenvalue weighted by Gasteiger charge is -2.14. The van der Waals surface area contributed by atoms with Crippen molar-refractivity contribution in [3.8, 4) is 0 Å². The van der Waals surface area contributed by atoms with E-state index in [-0.39, 0.29) is 0 Å². The predicted molar refractivity (Wildman–Crippen MR) is 82.5 cm³/mol. The highest BCUT2D eigenvalue weighted by atomic mass is 32.2. The zero-order valence-corrected chi connectivity index (χ0v) is 12.7. The average Bonchev–Trinajstić information content (AvgIpc) is 2.88. The van der Waals surface area contributed by atoms with Crippen LogP contribution in [-0.4, -0.2) is 26.3 Å². The second kappa shape index (κ2) is 5.79. The number of benzene rings is 1. The molecule has 5 heteroatoms. The van der Waals surface area contributed by atoms with Gasteiger partial charge in [0.05, 0.1) is 5.71 Å². The first kappa shape index (κ1) is 13.4. The van der Waals surface area contributed by atoms with Crippen LogP contribution in [0.25, 0.3) is 0 Å². The third-order valence-corrected chi connectivity index (χ3v) is 4.30. The van der Waals surface area contributed by atoms with Gasteiger partial charge in [0, 0.05) is 12.2 Å². The lowest BCUT2D eigenvalue weighted by atomic mass is 10.1. The summed E-state index contributed by atoms with van der Waals surface area (Å²) in [5, 5.41) is 14.1. The molecule has 0 radical (unpaired) electrons. The van der Waals surface area contributed by atoms with Crippen LogP contribution in [0.15, 0.2) is 34.5 Å². The molecule has 0 aliphatic carbocycles. The van der Waals surface area contributed by atoms with E-state index in [9.17, 15) is 0 Å². The molecule has 0 unspecified atom stereocenters. The summed E-state index contributed by atoms with van der Waals surface area (Å²) < 4.78 is 1.92. The largest absolute Gasteiger partial charge is 0.212 e. The Morgan fingerprint density at radius 3 is 2.75 bits per heavy atom. The highest BCUT2D eigenvalue weighted by Gasteiger charge is 2.19. The zero-order chi connectivity index (χ0) is 13.9. The number of aryl methyl sites for hydroxylation is 2. The van der Waals surface area contributed by atoms with Crippen molar-refractivity contribution >= 4 is 17.5 Å². The monoisotopic (exact) mass is 286 g/mol. The SMILES string of the molecule is CCCCc1nnc2n1N=C(c1ccc(C)cc1)CS2. The van der Waals surface area contributed by atoms with Gasteiger partial charge in [-0.1, -0.05) is 54.9 Å². The molecule has 0 bridgehead atoms. The molecule has 0 spiro atoms. The lowest BCUT2D eigenvalue weighted by molar-refractivity contribution is 0.671. The molecular formula is C15H18N4S. The smallest absolute Gasteiger partial charge is 0.191 e. The summed E-state index contributed by atoms with van der Waals surface area (Å²) in [7, 11) is 0. The van der Waals surface area contributed by atoms with Crippen molar-refractivity contribution in [2.75, 3.05) is 5.75 Å². The molecule has 1 aliphatic heterocycles. The maximum absolute atomic E-state index is 4.75. The third-order valence-electron chi connectivity index (χ3n) is 3.37. The van der Waals surface area contributed by atoms with E-state index in [1.807, 2.05) is 4.68 Å². The van der Waals surface area contributed by atoms with E-state index in [1.165, 1.54) is 11.1 Å². The molecular weight excluding hydrogens is 268 g/mol. The van der Waals surface area contributed by atoms with Gasteiger partial charge >= 0.3 is 0 Å². The van der Waals surface area contributed by atoms with E-state index < -0.39 is 0 Å². The van der Waals surface area contributed by atoms with Gasteiger partial charge in [0.1, 0.15) is 0 Å². The molecule has 0 atom stereocenters. The maximum atomic E-state index is 4.75. The highest BCUT2D eigenvalue weighted by Crippen LogP contribution is 2.24. The number of hydrogen-bond donors (Lipinski definition) is 0. The molecule has 20 heavy (non-hydrogen) atoms. The molecule has 0 amide bonds. The van der Waals surface area contributed by atoms with Gasteiger partial charge in [0.25, 0.3) is 0 Å². The van der Waals surface area contributed by atoms with E-state index in [1.54, 1.807) is 11.8 Å². The first-order valence-electron chi connectivity index (χ1n) is 7.00. The van der Waals surface area contributed by atoms with Gasteiger partial charge in [-0.2, -0.15) is 9.78 Å². The van der Waals surface area contributed by atoms with Crippen molar-refractivity contribution in [1.82, 2.24) is 14.9 Å². The van der Waals surface area contributed by atoms with E-state index in [2.05, 4.69) is 48.3 Å². The normalized spacial score (nSPS) is 14.0. The van der Waals surface area contributed by atoms with E-state index >= 15 is 0 Å². The fourth-order valence-electron chi connectivity index (χ4n) is 2.15. The minimum absolute atomic E-state index is 0.856. The number of fused-ring (bicyclic) bond motifs is 1. The molecule has 2 aromatic rings. The molecule has 3 rings (SSSR count). The molecule has 0 N–H and O–H groups in total. The quantitative estimate of drug-likeness (QED) is 0.866. The molecule has 0 saturated carbocycles. The van der Waals surface area contributed by atoms with Crippen LogP contribution in [0.5, 0.6) is 0 Å². The topological polar surface area (TPSA) is 43.1 Å². The number of unbranched alkanes of at least 4 members (excludes halogenated alkanes) is 1. The fourth-order valence-corrected chi connectivity index (χ4v) is 3.00. The van der Waals surface area contributed by atoms with Crippen LogP contribution in [0.3, 0.4) is 0 Å². The Labute approximate surface area is 123 Å². The van der Waals surface area contributed by atoms with Crippen LogP contribution < -0.4 is 0 Å². The van der Waals surface area contributed by atoms with E-state index in [0.717, 1.165) is 41.7 Å². The van der Waals surface area contributed by atoms with Crippen molar-refractivity contribution < 1.29 is 0 Å². The van der Waals surface area contributed by atoms with Gasteiger partial charge < -0.3 is 0 Å². The molecule has 0 saturated heterocycles. The molecule has 1 aromatic heterocycles. The first-order chi connectivity index (χ1) is 9.78. The van der Waals surface area contributed by atoms with Crippen LogP contribution in [-0.2, 0) is 6.42 Å². The van der Waals surface area contributed by atoms with Gasteiger partial charge in [0.15, 0.2) is 5.82 Å². The minimum Gasteiger partial charge on any atom is -0.191 e. The summed E-state index contributed by atoms with van der Waals surface area (Å²) in [4.78, 5) is 0. The third kappa shape index (κ3) is 2.63. The van der Waals surface area contributed by atoms with Crippen molar-refractivity contribution in [3.63, 3.8) is 0 Å². The Kier molecular flexibility index (Phi) is 3.87. The summed E-state index contributed by atoms with van der Waals surface area (Å²) >= 11 is 1.71. The number of rotatable bonds is 4. The van der Waals surface area contributed by atoms with E-state index in [4.69, 9.17) is 5.10 Å². The summed E-state index contributed by atoms with van der Waals surface area (Å²) in [6.45, 7) is 4.28. The van der Waals surface area contributed by atoms with Crippen LogP contribution >= 0.6 is 11.8 Å². The molecule has 0 fully saturated rings. The molecule has 104 valence electrons. The van der Waals surface area contributed by atoms with Crippen LogP contribution in [0.4, 0.5) is 0 Å². The van der Waals surface area contributed by atoms with Gasteiger partial charge in [0.2, 0.25) is 5.16 Å². The average molecular weight is 286 g/mol. The summed E-state index contributed by atoms with van der Waals surface area (Å²) in [5.74, 6) is 1.83. The standard InChI is InChI=1S/C15H18N4S/c1-3-4-5-14-16-17-15-19(14)18-13(10-20-15)12-8-6-11(2)7-9-12/h6-9H,3-5,10H2,1-2H3. The number of nitrogens with zero attached hydrogens (tertiary/aromatic N) is 4. The van der Waals surface area contributed by atoms with Crippen LogP contribution in [0, 0.1) is 6.92 Å². The summed E-state index contributed by atoms with van der Waals surface area (Å²) in [6.07, 6.45) is 3.22. The van der Waals surface area contributed by atoms with Gasteiger partial charge in [-0.15, -0.1) is 10.2 Å². The zero-order valence-electron chi connectivity index (χ0n) is 11.8. The molecule has 4 nitrogen and oxygen atoms in total. The van der Waals surface area contributed by atoms with Crippen molar-refractivity contribution in [2.45, 2.75) is 38.3 Å². The Bertz CT molecular complexity index is 628. The Morgan fingerprint density at radius 1 is 1.20 bits per heavy atom. The van der Waals surface area contributed by atoms with Gasteiger partial charge in [-0.25, -0.2) is 0 Å². The fraction of sp³-hybridized carbons (Fsp3) is 0.400. The summed E-state index contributed by atoms with van der Waals surface area (Å²) in [6, 6.07) is 8.52. The second-order valence-electron chi connectivity index (χ2n) is 5.02. The molecule has 2 heterocycles. The van der Waals surface area contributed by atoms with Gasteiger partial charge in [-0.05, 0) is 18.9 Å². The minimum atomic E-state index is 0.856. The highest BCUT2D eigenvalue weighted by molar-refractivity contribution is 7.99. The lowest BCUT2D eigenvalue weighted by Crippen LogP contribution is -2.14. The van der Waals surface area contributed by atoms with Crippen molar-refractivity contribution in [2.24, 2.45) is 5.10 Å². The van der Waals surface area contributed by atoms with Crippen LogP contribution in [0.2, 0.25) is 0 Å². The predicted octanol–water partition coefficient (Wildman–Crippen LogP) is 3.29. The van der Waals surface area contributed by atoms with Gasteiger partial charge in [-0.3, -0.25) is 0 Å². The van der Waals surface area contributed by atoms with Crippen molar-refractivity contribution in [1.29, 1.82) is 0 Å². The molecule has 1 aliphatic rings. The van der Waals surface area contributed by atoms with E-state index in [0.29, 0.717) is 0 Å². The number of aromatic nitrogens is 3. The van der Waals surface area contributed by atoms with Crippen molar-refractivity contribution in [3.05, 3.63) is 41.2 Å². The first-order valence-corrected chi connectivity index (χ1v) is 7.98. The molecule has 1 aromatic carbocycles.